The van der Waals surface area contributed by atoms with Crippen LogP contribution in [-0.4, -0.2) is 30.3 Å². The van der Waals surface area contributed by atoms with Crippen molar-refractivity contribution in [2.75, 3.05) is 17.7 Å². The third-order valence-corrected chi connectivity index (χ3v) is 5.09. The SMILES string of the molecule is CC[C@@H](CCC#N)OC(=O)NCc1cccc(NC(=O)Nc2ccc(-c3cnco3)c(OC)c2)c1. The van der Waals surface area contributed by atoms with Crippen LogP contribution in [0.5, 0.6) is 5.75 Å². The highest BCUT2D eigenvalue weighted by Gasteiger charge is 2.13. The lowest BCUT2D eigenvalue weighted by atomic mass is 10.1. The topological polar surface area (TPSA) is 139 Å². The van der Waals surface area contributed by atoms with Crippen LogP contribution in [0.4, 0.5) is 21.0 Å². The van der Waals surface area contributed by atoms with Gasteiger partial charge in [-0.2, -0.15) is 5.26 Å². The van der Waals surface area contributed by atoms with Crippen molar-refractivity contribution >= 4 is 23.5 Å². The number of carbonyl (C=O) groups excluding carboxylic acids is 2. The first-order valence-corrected chi connectivity index (χ1v) is 11.1. The zero-order chi connectivity index (χ0) is 25.0. The molecule has 10 heteroatoms. The van der Waals surface area contributed by atoms with E-state index >= 15 is 0 Å². The Morgan fingerprint density at radius 2 is 1.97 bits per heavy atom. The molecule has 2 aromatic carbocycles. The lowest BCUT2D eigenvalue weighted by molar-refractivity contribution is 0.0906. The number of aromatic nitrogens is 1. The third-order valence-electron chi connectivity index (χ3n) is 5.09. The first kappa shape index (κ1) is 25.1. The molecule has 0 radical (unpaired) electrons. The summed E-state index contributed by atoms with van der Waals surface area (Å²) in [4.78, 5) is 28.5. The third kappa shape index (κ3) is 7.50. The molecule has 0 aliphatic heterocycles. The van der Waals surface area contributed by atoms with Crippen LogP contribution in [0.1, 0.15) is 31.7 Å². The summed E-state index contributed by atoms with van der Waals surface area (Å²) in [5.41, 5.74) is 2.58. The van der Waals surface area contributed by atoms with Gasteiger partial charge in [-0.3, -0.25) is 0 Å². The zero-order valence-electron chi connectivity index (χ0n) is 19.5. The normalized spacial score (nSPS) is 11.1. The zero-order valence-corrected chi connectivity index (χ0v) is 19.5. The van der Waals surface area contributed by atoms with E-state index in [-0.39, 0.29) is 12.6 Å². The van der Waals surface area contributed by atoms with Gasteiger partial charge >= 0.3 is 12.1 Å². The number of nitrogens with zero attached hydrogens (tertiary/aromatic N) is 2. The van der Waals surface area contributed by atoms with Gasteiger partial charge in [0.25, 0.3) is 0 Å². The molecular weight excluding hydrogens is 450 g/mol. The first-order chi connectivity index (χ1) is 17.0. The monoisotopic (exact) mass is 477 g/mol. The molecular formula is C25H27N5O5. The van der Waals surface area contributed by atoms with E-state index in [1.165, 1.54) is 13.5 Å². The van der Waals surface area contributed by atoms with E-state index in [1.807, 2.05) is 13.0 Å². The van der Waals surface area contributed by atoms with Gasteiger partial charge in [0, 0.05) is 30.4 Å². The number of hydrogen-bond donors (Lipinski definition) is 3. The second-order valence-corrected chi connectivity index (χ2v) is 7.55. The summed E-state index contributed by atoms with van der Waals surface area (Å²) >= 11 is 0. The molecule has 0 aliphatic rings. The fraction of sp³-hybridized carbons (Fsp3) is 0.280. The van der Waals surface area contributed by atoms with Gasteiger partial charge in [-0.1, -0.05) is 19.1 Å². The molecule has 0 bridgehead atoms. The van der Waals surface area contributed by atoms with Crippen molar-refractivity contribution in [3.8, 4) is 23.1 Å². The molecule has 0 unspecified atom stereocenters. The van der Waals surface area contributed by atoms with E-state index in [0.717, 1.165) is 5.56 Å². The minimum atomic E-state index is -0.548. The van der Waals surface area contributed by atoms with E-state index in [9.17, 15) is 9.59 Å². The maximum absolute atomic E-state index is 12.5. The highest BCUT2D eigenvalue weighted by atomic mass is 16.6. The Hall–Kier alpha value is -4.52. The van der Waals surface area contributed by atoms with E-state index in [1.54, 1.807) is 42.6 Å². The molecule has 0 spiro atoms. The van der Waals surface area contributed by atoms with Crippen LogP contribution in [0.15, 0.2) is 59.5 Å². The molecule has 10 nitrogen and oxygen atoms in total. The molecule has 1 heterocycles. The van der Waals surface area contributed by atoms with Crippen LogP contribution < -0.4 is 20.7 Å². The van der Waals surface area contributed by atoms with Crippen molar-refractivity contribution in [3.63, 3.8) is 0 Å². The smallest absolute Gasteiger partial charge is 0.407 e. The second kappa shape index (κ2) is 12.6. The predicted octanol–water partition coefficient (Wildman–Crippen LogP) is 5.30. The number of amides is 3. The fourth-order valence-corrected chi connectivity index (χ4v) is 3.31. The Bertz CT molecular complexity index is 1170. The van der Waals surface area contributed by atoms with E-state index < -0.39 is 12.1 Å². The van der Waals surface area contributed by atoms with Crippen LogP contribution >= 0.6 is 0 Å². The Labute approximate surface area is 203 Å². The minimum absolute atomic E-state index is 0.227. The molecule has 0 aliphatic carbocycles. The second-order valence-electron chi connectivity index (χ2n) is 7.55. The molecule has 0 fully saturated rings. The van der Waals surface area contributed by atoms with E-state index in [2.05, 4.69) is 27.0 Å². The lowest BCUT2D eigenvalue weighted by Gasteiger charge is -2.15. The average molecular weight is 478 g/mol. The first-order valence-electron chi connectivity index (χ1n) is 11.1. The van der Waals surface area contributed by atoms with Crippen molar-refractivity contribution < 1.29 is 23.5 Å². The van der Waals surface area contributed by atoms with Crippen molar-refractivity contribution in [1.29, 1.82) is 5.26 Å². The van der Waals surface area contributed by atoms with Gasteiger partial charge in [0.2, 0.25) is 0 Å². The Morgan fingerprint density at radius 3 is 2.66 bits per heavy atom. The number of ether oxygens (including phenoxy) is 2. The van der Waals surface area contributed by atoms with Gasteiger partial charge in [-0.15, -0.1) is 0 Å². The van der Waals surface area contributed by atoms with Gasteiger partial charge in [0.05, 0.1) is 24.9 Å². The van der Waals surface area contributed by atoms with Gasteiger partial charge in [0.1, 0.15) is 11.9 Å². The maximum atomic E-state index is 12.5. The van der Waals surface area contributed by atoms with E-state index in [4.69, 9.17) is 19.2 Å². The van der Waals surface area contributed by atoms with Gasteiger partial charge in [0.15, 0.2) is 12.2 Å². The Morgan fingerprint density at radius 1 is 1.17 bits per heavy atom. The van der Waals surface area contributed by atoms with E-state index in [0.29, 0.717) is 47.7 Å². The standard InChI is InChI=1S/C25H27N5O5/c1-3-20(8-5-11-26)35-25(32)28-14-17-6-4-7-18(12-17)29-24(31)30-19-9-10-21(22(13-19)33-2)23-15-27-16-34-23/h4,6-7,9-10,12-13,15-16,20H,3,5,8,14H2,1-2H3,(H,28,32)(H2,29,30,31)/t20-/m0/s1. The molecule has 3 amide bonds. The van der Waals surface area contributed by atoms with Crippen LogP contribution in [-0.2, 0) is 11.3 Å². The maximum Gasteiger partial charge on any atom is 0.407 e. The number of anilines is 2. The van der Waals surface area contributed by atoms with Gasteiger partial charge in [-0.05, 0) is 42.7 Å². The summed E-state index contributed by atoms with van der Waals surface area (Å²) in [6.45, 7) is 2.13. The summed E-state index contributed by atoms with van der Waals surface area (Å²) in [6, 6.07) is 13.9. The van der Waals surface area contributed by atoms with Crippen molar-refractivity contribution in [3.05, 3.63) is 60.6 Å². The Kier molecular flexibility index (Phi) is 9.07. The number of nitrogens with one attached hydrogen (secondary N) is 3. The number of benzene rings is 2. The highest BCUT2D eigenvalue weighted by Crippen LogP contribution is 2.32. The molecule has 3 aromatic rings. The molecule has 1 aromatic heterocycles. The van der Waals surface area contributed by atoms with Crippen LogP contribution in [0.3, 0.4) is 0 Å². The molecule has 35 heavy (non-hydrogen) atoms. The summed E-state index contributed by atoms with van der Waals surface area (Å²) in [5, 5.41) is 16.9. The van der Waals surface area contributed by atoms with Gasteiger partial charge < -0.3 is 29.8 Å². The summed E-state index contributed by atoms with van der Waals surface area (Å²) < 4.78 is 16.0. The average Bonchev–Trinajstić information content (AvgIpc) is 3.40. The molecule has 3 rings (SSSR count). The molecule has 1 atom stereocenters. The number of nitriles is 1. The van der Waals surface area contributed by atoms with Gasteiger partial charge in [-0.25, -0.2) is 14.6 Å². The number of rotatable bonds is 10. The highest BCUT2D eigenvalue weighted by molar-refractivity contribution is 6.00. The number of alkyl carbamates (subject to hydrolysis) is 1. The van der Waals surface area contributed by atoms with Crippen molar-refractivity contribution in [2.24, 2.45) is 0 Å². The molecule has 3 N–H and O–H groups in total. The van der Waals surface area contributed by atoms with Crippen LogP contribution in [0.2, 0.25) is 0 Å². The number of carbonyl (C=O) groups is 2. The fourth-order valence-electron chi connectivity index (χ4n) is 3.31. The predicted molar refractivity (Wildman–Crippen MR) is 130 cm³/mol. The van der Waals surface area contributed by atoms with Crippen LogP contribution in [0.25, 0.3) is 11.3 Å². The number of oxazole rings is 1. The summed E-state index contributed by atoms with van der Waals surface area (Å²) in [7, 11) is 1.53. The molecule has 0 saturated heterocycles. The largest absolute Gasteiger partial charge is 0.496 e. The summed E-state index contributed by atoms with van der Waals surface area (Å²) in [6.07, 6.45) is 3.54. The summed E-state index contributed by atoms with van der Waals surface area (Å²) in [5.74, 6) is 1.08. The Balaban J connectivity index is 1.54. The van der Waals surface area contributed by atoms with Crippen molar-refractivity contribution in [1.82, 2.24) is 10.3 Å². The molecule has 0 saturated carbocycles. The minimum Gasteiger partial charge on any atom is -0.496 e. The van der Waals surface area contributed by atoms with Crippen LogP contribution in [0, 0.1) is 11.3 Å². The number of hydrogen-bond acceptors (Lipinski definition) is 7. The quantitative estimate of drug-likeness (QED) is 0.360. The molecule has 182 valence electrons. The number of urea groups is 1. The lowest BCUT2D eigenvalue weighted by Crippen LogP contribution is -2.28. The van der Waals surface area contributed by atoms with Crippen molar-refractivity contribution in [2.45, 2.75) is 38.8 Å². The number of methoxy groups -OCH3 is 1.